The molecular weight excluding hydrogens is 613 g/mol. The number of anilines is 3. The highest BCUT2D eigenvalue weighted by Gasteiger charge is 2.39. The molecule has 1 aromatic heterocycles. The van der Waals surface area contributed by atoms with Crippen molar-refractivity contribution in [2.45, 2.75) is 48.9 Å². The lowest BCUT2D eigenvalue weighted by Crippen LogP contribution is -2.38. The molecule has 2 atom stereocenters. The molecule has 1 fully saturated rings. The molecule has 0 bridgehead atoms. The van der Waals surface area contributed by atoms with E-state index in [1.54, 1.807) is 49.2 Å². The third-order valence-corrected chi connectivity index (χ3v) is 10.6. The van der Waals surface area contributed by atoms with Crippen molar-refractivity contribution in [3.05, 3.63) is 83.8 Å². The Labute approximate surface area is 266 Å². The molecule has 242 valence electrons. The number of amides is 2. The second-order valence-electron chi connectivity index (χ2n) is 11.4. The standard InChI is InChI=1S/C33H36FN5O6S/c1-19(2)46(43,44)29-12-8-22(38(3)33(41)42)17-26(29)28-6-5-15-39(28)32(40)30(25-18-23(45-4)9-11-27(25)34)37-21-7-10-24-20(16-21)13-14-36-31(24)35/h7-14,16-19,28,30,37H,5-6,15H2,1-4H3,(H2,35,36)(H,41,42)/t28-,30-/m1/s1. The number of carboxylic acid groups (broad SMARTS) is 1. The Balaban J connectivity index is 1.62. The van der Waals surface area contributed by atoms with Gasteiger partial charge in [0.1, 0.15) is 23.4 Å². The molecule has 3 aromatic carbocycles. The number of nitrogens with two attached hydrogens (primary N) is 1. The largest absolute Gasteiger partial charge is 0.497 e. The van der Waals surface area contributed by atoms with Crippen LogP contribution in [-0.2, 0) is 14.6 Å². The Kier molecular flexibility index (Phi) is 9.06. The van der Waals surface area contributed by atoms with E-state index < -0.39 is 45.0 Å². The van der Waals surface area contributed by atoms with Gasteiger partial charge in [-0.3, -0.25) is 9.69 Å². The number of pyridine rings is 1. The number of sulfone groups is 1. The molecule has 0 radical (unpaired) electrons. The minimum absolute atomic E-state index is 0.0209. The van der Waals surface area contributed by atoms with E-state index in [-0.39, 0.29) is 22.7 Å². The van der Waals surface area contributed by atoms with Gasteiger partial charge in [0.05, 0.1) is 23.3 Å². The van der Waals surface area contributed by atoms with Crippen molar-refractivity contribution in [1.29, 1.82) is 0 Å². The number of carbonyl (C=O) groups excluding carboxylic acids is 1. The molecule has 4 N–H and O–H groups in total. The van der Waals surface area contributed by atoms with Crippen molar-refractivity contribution in [2.75, 3.05) is 36.7 Å². The fourth-order valence-corrected chi connectivity index (χ4v) is 7.04. The number of rotatable bonds is 9. The molecule has 13 heteroatoms. The van der Waals surface area contributed by atoms with Crippen LogP contribution in [0, 0.1) is 5.82 Å². The zero-order valence-corrected chi connectivity index (χ0v) is 26.7. The monoisotopic (exact) mass is 649 g/mol. The lowest BCUT2D eigenvalue weighted by molar-refractivity contribution is -0.133. The lowest BCUT2D eigenvalue weighted by atomic mass is 10.00. The highest BCUT2D eigenvalue weighted by molar-refractivity contribution is 7.92. The van der Waals surface area contributed by atoms with Crippen molar-refractivity contribution in [3.63, 3.8) is 0 Å². The first-order valence-corrected chi connectivity index (χ1v) is 16.3. The summed E-state index contributed by atoms with van der Waals surface area (Å²) >= 11 is 0. The number of ether oxygens (including phenoxy) is 1. The fourth-order valence-electron chi connectivity index (χ4n) is 5.75. The zero-order chi connectivity index (χ0) is 33.3. The Bertz CT molecular complexity index is 1920. The summed E-state index contributed by atoms with van der Waals surface area (Å²) in [5.74, 6) is -0.432. The van der Waals surface area contributed by atoms with Gasteiger partial charge in [-0.2, -0.15) is 0 Å². The average molecular weight is 650 g/mol. The molecule has 1 saturated heterocycles. The third-order valence-electron chi connectivity index (χ3n) is 8.36. The Morgan fingerprint density at radius 3 is 2.59 bits per heavy atom. The number of methoxy groups -OCH3 is 1. The van der Waals surface area contributed by atoms with Crippen molar-refractivity contribution < 1.29 is 32.2 Å². The van der Waals surface area contributed by atoms with E-state index in [2.05, 4.69) is 10.3 Å². The molecule has 0 saturated carbocycles. The van der Waals surface area contributed by atoms with E-state index in [9.17, 15) is 23.1 Å². The summed E-state index contributed by atoms with van der Waals surface area (Å²) in [5, 5.41) is 13.5. The van der Waals surface area contributed by atoms with Crippen molar-refractivity contribution in [1.82, 2.24) is 9.88 Å². The molecule has 46 heavy (non-hydrogen) atoms. The van der Waals surface area contributed by atoms with Crippen molar-refractivity contribution in [2.24, 2.45) is 0 Å². The summed E-state index contributed by atoms with van der Waals surface area (Å²) in [7, 11) is -1.03. The summed E-state index contributed by atoms with van der Waals surface area (Å²) < 4.78 is 47.9. The number of carbonyl (C=O) groups is 2. The Hall–Kier alpha value is -4.91. The number of hydrogen-bond donors (Lipinski definition) is 3. The number of benzene rings is 3. The fraction of sp³-hybridized carbons (Fsp3) is 0.303. The molecule has 2 heterocycles. The lowest BCUT2D eigenvalue weighted by Gasteiger charge is -2.32. The Morgan fingerprint density at radius 1 is 1.13 bits per heavy atom. The van der Waals surface area contributed by atoms with Crippen LogP contribution in [0.15, 0.2) is 71.8 Å². The van der Waals surface area contributed by atoms with Crippen LogP contribution >= 0.6 is 0 Å². The molecule has 4 aromatic rings. The minimum Gasteiger partial charge on any atom is -0.497 e. The number of halogens is 1. The highest BCUT2D eigenvalue weighted by Crippen LogP contribution is 2.41. The minimum atomic E-state index is -3.83. The van der Waals surface area contributed by atoms with Gasteiger partial charge in [-0.15, -0.1) is 0 Å². The second-order valence-corrected chi connectivity index (χ2v) is 13.9. The van der Waals surface area contributed by atoms with E-state index in [4.69, 9.17) is 10.5 Å². The maximum Gasteiger partial charge on any atom is 0.411 e. The van der Waals surface area contributed by atoms with Gasteiger partial charge in [-0.25, -0.2) is 22.6 Å². The zero-order valence-electron chi connectivity index (χ0n) is 25.9. The van der Waals surface area contributed by atoms with Crippen LogP contribution in [-0.4, -0.2) is 61.4 Å². The van der Waals surface area contributed by atoms with Gasteiger partial charge >= 0.3 is 6.09 Å². The van der Waals surface area contributed by atoms with Gasteiger partial charge in [0, 0.05) is 42.1 Å². The van der Waals surface area contributed by atoms with Crippen LogP contribution in [0.5, 0.6) is 5.75 Å². The van der Waals surface area contributed by atoms with Gasteiger partial charge in [-0.1, -0.05) is 0 Å². The van der Waals surface area contributed by atoms with Gasteiger partial charge in [0.25, 0.3) is 0 Å². The highest BCUT2D eigenvalue weighted by atomic mass is 32.2. The van der Waals surface area contributed by atoms with Crippen LogP contribution in [0.1, 0.15) is 49.9 Å². The van der Waals surface area contributed by atoms with Gasteiger partial charge in [-0.05, 0) is 98.3 Å². The maximum absolute atomic E-state index is 15.5. The molecule has 0 unspecified atom stereocenters. The normalized spacial score (nSPS) is 15.6. The molecule has 1 aliphatic heterocycles. The van der Waals surface area contributed by atoms with Gasteiger partial charge in [0.2, 0.25) is 5.91 Å². The quantitative estimate of drug-likeness (QED) is 0.205. The van der Waals surface area contributed by atoms with Crippen LogP contribution in [0.4, 0.5) is 26.4 Å². The van der Waals surface area contributed by atoms with E-state index in [1.807, 2.05) is 0 Å². The van der Waals surface area contributed by atoms with E-state index in [0.29, 0.717) is 41.0 Å². The Morgan fingerprint density at radius 2 is 1.89 bits per heavy atom. The van der Waals surface area contributed by atoms with Crippen LogP contribution in [0.2, 0.25) is 0 Å². The summed E-state index contributed by atoms with van der Waals surface area (Å²) in [6.45, 7) is 3.40. The summed E-state index contributed by atoms with van der Waals surface area (Å²) in [4.78, 5) is 33.0. The van der Waals surface area contributed by atoms with E-state index >= 15 is 4.39 Å². The second kappa shape index (κ2) is 12.8. The predicted molar refractivity (Wildman–Crippen MR) is 174 cm³/mol. The molecule has 0 spiro atoms. The topological polar surface area (TPSA) is 155 Å². The van der Waals surface area contributed by atoms with E-state index in [1.165, 1.54) is 50.6 Å². The van der Waals surface area contributed by atoms with Crippen LogP contribution < -0.4 is 20.7 Å². The molecule has 1 aliphatic rings. The maximum atomic E-state index is 15.5. The SMILES string of the molecule is COc1ccc(F)c([C@@H](Nc2ccc3c(N)nccc3c2)C(=O)N2CCC[C@@H]2c2cc(N(C)C(=O)O)ccc2S(=O)(=O)C(C)C)c1. The van der Waals surface area contributed by atoms with E-state index in [0.717, 1.165) is 10.3 Å². The molecular formula is C33H36FN5O6S. The molecule has 2 amide bonds. The number of aromatic nitrogens is 1. The average Bonchev–Trinajstić information content (AvgIpc) is 3.53. The number of nitrogen functional groups attached to an aromatic ring is 1. The smallest absolute Gasteiger partial charge is 0.411 e. The predicted octanol–water partition coefficient (Wildman–Crippen LogP) is 5.78. The van der Waals surface area contributed by atoms with Crippen LogP contribution in [0.3, 0.4) is 0 Å². The summed E-state index contributed by atoms with van der Waals surface area (Å²) in [6, 6.07) is 13.6. The first-order valence-electron chi connectivity index (χ1n) is 14.7. The number of likely N-dealkylation sites (tertiary alicyclic amines) is 1. The first kappa shape index (κ1) is 32.5. The number of fused-ring (bicyclic) bond motifs is 1. The van der Waals surface area contributed by atoms with Crippen molar-refractivity contribution >= 4 is 49.8 Å². The summed E-state index contributed by atoms with van der Waals surface area (Å²) in [5.41, 5.74) is 7.14. The van der Waals surface area contributed by atoms with Crippen LogP contribution in [0.25, 0.3) is 10.8 Å². The number of nitrogens with zero attached hydrogens (tertiary/aromatic N) is 3. The third kappa shape index (κ3) is 6.14. The summed E-state index contributed by atoms with van der Waals surface area (Å²) in [6.07, 6.45) is 1.31. The van der Waals surface area contributed by atoms with Gasteiger partial charge < -0.3 is 25.8 Å². The van der Waals surface area contributed by atoms with Crippen molar-refractivity contribution in [3.8, 4) is 5.75 Å². The number of hydrogen-bond acceptors (Lipinski definition) is 8. The molecule has 0 aliphatic carbocycles. The molecule has 11 nitrogen and oxygen atoms in total. The van der Waals surface area contributed by atoms with Gasteiger partial charge in [0.15, 0.2) is 9.84 Å². The first-order chi connectivity index (χ1) is 21.8. The molecule has 5 rings (SSSR count). The number of nitrogens with one attached hydrogen (secondary N) is 1.